The van der Waals surface area contributed by atoms with Crippen molar-refractivity contribution in [1.82, 2.24) is 15.1 Å². The van der Waals surface area contributed by atoms with Crippen molar-refractivity contribution >= 4 is 0 Å². The summed E-state index contributed by atoms with van der Waals surface area (Å²) >= 11 is 0. The van der Waals surface area contributed by atoms with Gasteiger partial charge in [0, 0.05) is 25.2 Å². The minimum atomic E-state index is 0.230. The molecule has 4 fully saturated rings. The van der Waals surface area contributed by atoms with Crippen LogP contribution >= 0.6 is 0 Å². The van der Waals surface area contributed by atoms with Gasteiger partial charge in [0.15, 0.2) is 0 Å². The van der Waals surface area contributed by atoms with Gasteiger partial charge in [0.05, 0.1) is 0 Å². The monoisotopic (exact) mass is 403 g/mol. The molecule has 160 valence electrons. The first-order chi connectivity index (χ1) is 14.8. The molecule has 0 spiro atoms. The van der Waals surface area contributed by atoms with E-state index in [1.54, 1.807) is 0 Å². The van der Waals surface area contributed by atoms with Crippen LogP contribution in [0.15, 0.2) is 60.7 Å². The minimum absolute atomic E-state index is 0.230. The summed E-state index contributed by atoms with van der Waals surface area (Å²) in [7, 11) is 2.40. The molecule has 2 bridgehead atoms. The molecule has 3 saturated heterocycles. The lowest BCUT2D eigenvalue weighted by atomic mass is 9.61. The van der Waals surface area contributed by atoms with Crippen molar-refractivity contribution in [1.29, 1.82) is 0 Å². The van der Waals surface area contributed by atoms with Gasteiger partial charge in [0.2, 0.25) is 0 Å². The molecule has 2 aromatic rings. The Kier molecular flexibility index (Phi) is 5.95. The lowest BCUT2D eigenvalue weighted by Crippen LogP contribution is -2.56. The maximum absolute atomic E-state index is 3.90. The third kappa shape index (κ3) is 3.95. The van der Waals surface area contributed by atoms with E-state index in [9.17, 15) is 0 Å². The summed E-state index contributed by atoms with van der Waals surface area (Å²) in [5.41, 5.74) is 3.29. The molecule has 1 saturated carbocycles. The van der Waals surface area contributed by atoms with E-state index in [2.05, 4.69) is 82.8 Å². The van der Waals surface area contributed by atoms with E-state index >= 15 is 0 Å². The Morgan fingerprint density at radius 1 is 0.900 bits per heavy atom. The molecule has 3 nitrogen and oxygen atoms in total. The van der Waals surface area contributed by atoms with Gasteiger partial charge < -0.3 is 10.2 Å². The van der Waals surface area contributed by atoms with Crippen molar-refractivity contribution in [3.8, 4) is 0 Å². The summed E-state index contributed by atoms with van der Waals surface area (Å²) in [4.78, 5) is 5.39. The van der Waals surface area contributed by atoms with Gasteiger partial charge in [-0.15, -0.1) is 0 Å². The highest BCUT2D eigenvalue weighted by molar-refractivity contribution is 5.30. The van der Waals surface area contributed by atoms with Crippen molar-refractivity contribution in [2.24, 2.45) is 5.92 Å². The van der Waals surface area contributed by atoms with E-state index in [1.165, 1.54) is 63.0 Å². The standard InChI is InChI=1S/C27H37N3/c1-29(16-17-30-14-8-9-15-30)27-18-24(22-10-4-2-5-11-22)26(20-28-21-27)25(19-27)23-12-6-3-7-13-23/h2-7,10-13,24-26,28H,8-9,14-21H2,1H3. The van der Waals surface area contributed by atoms with Crippen LogP contribution in [0.4, 0.5) is 0 Å². The molecule has 2 unspecified atom stereocenters. The Morgan fingerprint density at radius 3 is 2.03 bits per heavy atom. The minimum Gasteiger partial charge on any atom is -0.315 e. The summed E-state index contributed by atoms with van der Waals surface area (Å²) in [5, 5.41) is 3.90. The van der Waals surface area contributed by atoms with Crippen LogP contribution in [0.1, 0.15) is 48.6 Å². The third-order valence-corrected chi connectivity index (χ3v) is 8.28. The van der Waals surface area contributed by atoms with Gasteiger partial charge in [-0.3, -0.25) is 4.90 Å². The number of likely N-dealkylation sites (tertiary alicyclic amines) is 1. The number of nitrogens with zero attached hydrogens (tertiary/aromatic N) is 2. The summed E-state index contributed by atoms with van der Waals surface area (Å²) in [6.45, 7) is 7.22. The molecule has 2 atom stereocenters. The molecule has 0 radical (unpaired) electrons. The van der Waals surface area contributed by atoms with E-state index in [0.29, 0.717) is 17.8 Å². The van der Waals surface area contributed by atoms with Crippen LogP contribution in [0.2, 0.25) is 0 Å². The quantitative estimate of drug-likeness (QED) is 0.774. The van der Waals surface area contributed by atoms with Crippen LogP contribution in [-0.2, 0) is 0 Å². The van der Waals surface area contributed by atoms with Gasteiger partial charge in [-0.2, -0.15) is 0 Å². The maximum atomic E-state index is 3.90. The second-order valence-electron chi connectivity index (χ2n) is 9.93. The van der Waals surface area contributed by atoms with Crippen LogP contribution in [0.25, 0.3) is 0 Å². The average molecular weight is 404 g/mol. The summed E-state index contributed by atoms with van der Waals surface area (Å²) < 4.78 is 0. The molecule has 30 heavy (non-hydrogen) atoms. The number of nitrogens with one attached hydrogen (secondary N) is 1. The Bertz CT molecular complexity index is 750. The average Bonchev–Trinajstić information content (AvgIpc) is 3.17. The van der Waals surface area contributed by atoms with E-state index in [1.807, 2.05) is 0 Å². The molecule has 2 aromatic carbocycles. The van der Waals surface area contributed by atoms with Crippen molar-refractivity contribution < 1.29 is 0 Å². The molecule has 1 N–H and O–H groups in total. The normalized spacial score (nSPS) is 31.9. The Morgan fingerprint density at radius 2 is 1.47 bits per heavy atom. The highest BCUT2D eigenvalue weighted by Crippen LogP contribution is 2.52. The highest BCUT2D eigenvalue weighted by atomic mass is 15.2. The fraction of sp³-hybridized carbons (Fsp3) is 0.556. The molecular weight excluding hydrogens is 366 g/mol. The van der Waals surface area contributed by atoms with Crippen LogP contribution in [0, 0.1) is 5.92 Å². The number of fused-ring (bicyclic) bond motifs is 4. The molecular formula is C27H37N3. The molecule has 3 heteroatoms. The maximum Gasteiger partial charge on any atom is 0.0343 e. The zero-order valence-electron chi connectivity index (χ0n) is 18.5. The van der Waals surface area contributed by atoms with E-state index in [-0.39, 0.29) is 5.54 Å². The van der Waals surface area contributed by atoms with Gasteiger partial charge in [-0.05, 0) is 81.2 Å². The van der Waals surface area contributed by atoms with Gasteiger partial charge in [0.25, 0.3) is 0 Å². The van der Waals surface area contributed by atoms with Gasteiger partial charge in [-0.1, -0.05) is 60.7 Å². The number of hydrogen-bond donors (Lipinski definition) is 1. The van der Waals surface area contributed by atoms with Crippen molar-refractivity contribution in [3.05, 3.63) is 71.8 Å². The first-order valence-electron chi connectivity index (χ1n) is 12.0. The third-order valence-electron chi connectivity index (χ3n) is 8.28. The van der Waals surface area contributed by atoms with Crippen LogP contribution in [-0.4, -0.2) is 61.7 Å². The molecule has 3 aliphatic heterocycles. The van der Waals surface area contributed by atoms with Gasteiger partial charge in [0.1, 0.15) is 0 Å². The SMILES string of the molecule is CN(CCN1CCCC1)C12CNCC(C(c3ccccc3)C1)C(c1ccccc1)C2. The number of benzene rings is 2. The summed E-state index contributed by atoms with van der Waals surface area (Å²) in [6, 6.07) is 22.7. The first kappa shape index (κ1) is 20.2. The van der Waals surface area contributed by atoms with E-state index < -0.39 is 0 Å². The molecule has 4 aliphatic rings. The number of rotatable bonds is 6. The van der Waals surface area contributed by atoms with Crippen LogP contribution < -0.4 is 5.32 Å². The highest BCUT2D eigenvalue weighted by Gasteiger charge is 2.50. The molecule has 1 aliphatic carbocycles. The Hall–Kier alpha value is -1.68. The lowest BCUT2D eigenvalue weighted by Gasteiger charge is -2.51. The second-order valence-corrected chi connectivity index (χ2v) is 9.93. The van der Waals surface area contributed by atoms with E-state index in [0.717, 1.165) is 13.1 Å². The number of hydrogen-bond acceptors (Lipinski definition) is 3. The fourth-order valence-electron chi connectivity index (χ4n) is 6.50. The Balaban J connectivity index is 1.46. The van der Waals surface area contributed by atoms with Crippen LogP contribution in [0.5, 0.6) is 0 Å². The first-order valence-corrected chi connectivity index (χ1v) is 12.0. The second kappa shape index (κ2) is 8.82. The zero-order valence-corrected chi connectivity index (χ0v) is 18.5. The predicted octanol–water partition coefficient (Wildman–Crippen LogP) is 4.33. The van der Waals surface area contributed by atoms with E-state index in [4.69, 9.17) is 0 Å². The molecule has 6 rings (SSSR count). The zero-order chi connectivity index (χ0) is 20.4. The van der Waals surface area contributed by atoms with Crippen molar-refractivity contribution in [3.63, 3.8) is 0 Å². The van der Waals surface area contributed by atoms with Gasteiger partial charge >= 0.3 is 0 Å². The molecule has 0 amide bonds. The molecule has 3 heterocycles. The topological polar surface area (TPSA) is 18.5 Å². The Labute approximate surface area is 182 Å². The summed E-state index contributed by atoms with van der Waals surface area (Å²) in [6.07, 6.45) is 5.30. The lowest BCUT2D eigenvalue weighted by molar-refractivity contribution is 0.0498. The van der Waals surface area contributed by atoms with Crippen molar-refractivity contribution in [2.45, 2.75) is 43.1 Å². The van der Waals surface area contributed by atoms with Crippen molar-refractivity contribution in [2.75, 3.05) is 46.3 Å². The molecule has 0 aromatic heterocycles. The smallest absolute Gasteiger partial charge is 0.0343 e. The number of likely N-dealkylation sites (N-methyl/N-ethyl adjacent to an activating group) is 1. The van der Waals surface area contributed by atoms with Crippen LogP contribution in [0.3, 0.4) is 0 Å². The predicted molar refractivity (Wildman–Crippen MR) is 125 cm³/mol. The fourth-order valence-corrected chi connectivity index (χ4v) is 6.50. The largest absolute Gasteiger partial charge is 0.315 e. The summed E-state index contributed by atoms with van der Waals surface area (Å²) in [5.74, 6) is 1.90. The van der Waals surface area contributed by atoms with Gasteiger partial charge in [-0.25, -0.2) is 0 Å².